The summed E-state index contributed by atoms with van der Waals surface area (Å²) in [6.45, 7) is 8.81. The van der Waals surface area contributed by atoms with Crippen LogP contribution < -0.4 is 19.1 Å². The second-order valence-electron chi connectivity index (χ2n) is 17.9. The van der Waals surface area contributed by atoms with Crippen molar-refractivity contribution in [3.05, 3.63) is 151 Å². The molecule has 9 rings (SSSR count). The van der Waals surface area contributed by atoms with Crippen LogP contribution in [0.5, 0.6) is 17.2 Å². The van der Waals surface area contributed by atoms with Gasteiger partial charge in [-0.2, -0.15) is 0 Å². The lowest BCUT2D eigenvalue weighted by Crippen LogP contribution is -2.47. The second kappa shape index (κ2) is 18.2. The zero-order chi connectivity index (χ0) is 45.5. The number of allylic oxidation sites excluding steroid dienone is 1. The van der Waals surface area contributed by atoms with Gasteiger partial charge in [-0.15, -0.1) is 0 Å². The minimum Gasteiger partial charge on any atom is -0.493 e. The van der Waals surface area contributed by atoms with Crippen molar-refractivity contribution >= 4 is 67.1 Å². The molecule has 4 aromatic carbocycles. The number of benzene rings is 4. The van der Waals surface area contributed by atoms with E-state index in [1.807, 2.05) is 30.3 Å². The van der Waals surface area contributed by atoms with Gasteiger partial charge in [-0.1, -0.05) is 66.9 Å². The van der Waals surface area contributed by atoms with Crippen LogP contribution in [0.1, 0.15) is 60.2 Å². The van der Waals surface area contributed by atoms with E-state index in [0.717, 1.165) is 66.6 Å². The van der Waals surface area contributed by atoms with Crippen molar-refractivity contribution < 1.29 is 27.6 Å². The molecule has 0 bridgehead atoms. The van der Waals surface area contributed by atoms with Crippen LogP contribution in [0.15, 0.2) is 114 Å². The van der Waals surface area contributed by atoms with Gasteiger partial charge in [0.25, 0.3) is 21.6 Å². The third-order valence-corrected chi connectivity index (χ3v) is 14.5. The molecule has 1 amide bonds. The van der Waals surface area contributed by atoms with E-state index in [2.05, 4.69) is 50.5 Å². The van der Waals surface area contributed by atoms with Gasteiger partial charge in [-0.05, 0) is 103 Å². The molecule has 0 spiro atoms. The molecule has 4 heterocycles. The Morgan fingerprint density at radius 3 is 2.46 bits per heavy atom. The van der Waals surface area contributed by atoms with Gasteiger partial charge in [0.15, 0.2) is 0 Å². The third-order valence-electron chi connectivity index (χ3n) is 12.6. The van der Waals surface area contributed by atoms with Gasteiger partial charge in [-0.3, -0.25) is 19.8 Å². The molecule has 1 aliphatic carbocycles. The Balaban J connectivity index is 0.942. The highest BCUT2D eigenvalue weighted by atomic mass is 35.5. The number of amides is 1. The summed E-state index contributed by atoms with van der Waals surface area (Å²) in [7, 11) is -4.65. The first-order chi connectivity index (χ1) is 31.2. The smallest absolute Gasteiger partial charge is 0.277 e. The number of hydrogen-bond acceptors (Lipinski definition) is 10. The maximum atomic E-state index is 14.1. The number of carbonyl (C=O) groups excluding carboxylic acids is 1. The summed E-state index contributed by atoms with van der Waals surface area (Å²) in [5, 5.41) is 14.5. The minimum atomic E-state index is -4.65. The fourth-order valence-corrected chi connectivity index (χ4v) is 10.4. The molecule has 65 heavy (non-hydrogen) atoms. The minimum absolute atomic E-state index is 0.0548. The average molecular weight is 936 g/mol. The van der Waals surface area contributed by atoms with Gasteiger partial charge < -0.3 is 19.4 Å². The number of rotatable bonds is 12. The number of halogens is 2. The largest absolute Gasteiger partial charge is 0.493 e. The van der Waals surface area contributed by atoms with E-state index in [0.29, 0.717) is 47.9 Å². The standard InChI is InChI=1S/C49H48Cl2N6O7S/c1-49(2)15-13-35(43(27-49)33-5-9-37(51)10-6-33)29-55-17-19-56(20-18-55)38-11-12-41(46(24-38)64-39-23-34-14-16-52-47(34)53-28-39)48(58)54-65(61,62)40-25-44(57(59)60)42-22-32(30-63-45(42)26-40)21-31-3-7-36(50)8-4-31/h3-12,14,16,23-26,28,32H,13,15,17-22,27,29-30H2,1-2H3,(H,52,53)(H,54,58)/t32-/m0/s1. The first kappa shape index (κ1) is 44.3. The summed E-state index contributed by atoms with van der Waals surface area (Å²) in [6, 6.07) is 26.4. The highest BCUT2D eigenvalue weighted by Crippen LogP contribution is 2.44. The topological polar surface area (TPSA) is 160 Å². The van der Waals surface area contributed by atoms with Crippen molar-refractivity contribution in [3.63, 3.8) is 0 Å². The SMILES string of the molecule is CC1(C)CCC(CN2CCN(c3ccc(C(=O)NS(=O)(=O)c4cc5c(c([N+](=O)[O-])c4)C[C@H](Cc4ccc(Cl)cc4)CO5)c(Oc4cnc5[nH]ccc5c4)c3)CC2)=C(c2ccc(Cl)cc2)C1. The first-order valence-corrected chi connectivity index (χ1v) is 23.9. The Hall–Kier alpha value is -5.93. The number of fused-ring (bicyclic) bond motifs is 2. The Kier molecular flexibility index (Phi) is 12.4. The van der Waals surface area contributed by atoms with Crippen LogP contribution in [0.3, 0.4) is 0 Å². The summed E-state index contributed by atoms with van der Waals surface area (Å²) in [4.78, 5) is 37.5. The Bertz CT molecular complexity index is 2930. The number of aromatic nitrogens is 2. The normalized spacial score (nSPS) is 17.7. The molecule has 2 aromatic heterocycles. The Labute approximate surface area is 387 Å². The van der Waals surface area contributed by atoms with E-state index in [1.54, 1.807) is 36.5 Å². The lowest BCUT2D eigenvalue weighted by Gasteiger charge is -2.39. The van der Waals surface area contributed by atoms with Crippen LogP contribution in [-0.2, 0) is 22.9 Å². The molecular weight excluding hydrogens is 888 g/mol. The molecule has 16 heteroatoms. The van der Waals surface area contributed by atoms with Gasteiger partial charge in [0.2, 0.25) is 0 Å². The highest BCUT2D eigenvalue weighted by molar-refractivity contribution is 7.90. The molecule has 6 aromatic rings. The number of sulfonamides is 1. The first-order valence-electron chi connectivity index (χ1n) is 21.6. The fourth-order valence-electron chi connectivity index (χ4n) is 9.11. The lowest BCUT2D eigenvalue weighted by atomic mass is 9.72. The number of piperazine rings is 1. The summed E-state index contributed by atoms with van der Waals surface area (Å²) < 4.78 is 42.3. The number of H-pyrrole nitrogens is 1. The van der Waals surface area contributed by atoms with Gasteiger partial charge in [0.05, 0.1) is 33.7 Å². The van der Waals surface area contributed by atoms with E-state index in [1.165, 1.54) is 35.0 Å². The zero-order valence-electron chi connectivity index (χ0n) is 36.0. The monoisotopic (exact) mass is 934 g/mol. The number of anilines is 1. The van der Waals surface area contributed by atoms with Crippen LogP contribution in [0, 0.1) is 21.4 Å². The number of carbonyl (C=O) groups is 1. The van der Waals surface area contributed by atoms with Crippen LogP contribution >= 0.6 is 23.2 Å². The van der Waals surface area contributed by atoms with Gasteiger partial charge in [-0.25, -0.2) is 18.1 Å². The van der Waals surface area contributed by atoms with Crippen LogP contribution in [0.2, 0.25) is 10.0 Å². The predicted molar refractivity (Wildman–Crippen MR) is 253 cm³/mol. The summed E-state index contributed by atoms with van der Waals surface area (Å²) in [5.41, 5.74) is 6.59. The molecule has 0 unspecified atom stereocenters. The Morgan fingerprint density at radius 1 is 0.985 bits per heavy atom. The number of nitro benzene ring substituents is 1. The number of nitrogens with zero attached hydrogens (tertiary/aromatic N) is 4. The van der Waals surface area contributed by atoms with Crippen molar-refractivity contribution in [2.75, 3.05) is 44.2 Å². The molecule has 0 radical (unpaired) electrons. The molecule has 1 saturated heterocycles. The van der Waals surface area contributed by atoms with Crippen LogP contribution in [-0.4, -0.2) is 73.4 Å². The highest BCUT2D eigenvalue weighted by Gasteiger charge is 2.33. The number of hydrogen-bond donors (Lipinski definition) is 2. The zero-order valence-corrected chi connectivity index (χ0v) is 38.3. The van der Waals surface area contributed by atoms with E-state index in [4.69, 9.17) is 32.7 Å². The Morgan fingerprint density at radius 2 is 1.72 bits per heavy atom. The molecule has 1 atom stereocenters. The molecule has 13 nitrogen and oxygen atoms in total. The van der Waals surface area contributed by atoms with Crippen molar-refractivity contribution in [2.45, 2.75) is 50.8 Å². The van der Waals surface area contributed by atoms with Gasteiger partial charge in [0.1, 0.15) is 22.9 Å². The van der Waals surface area contributed by atoms with Crippen molar-refractivity contribution in [3.8, 4) is 17.2 Å². The molecule has 0 saturated carbocycles. The number of nitrogens with one attached hydrogen (secondary N) is 2. The van der Waals surface area contributed by atoms with E-state index < -0.39 is 31.4 Å². The van der Waals surface area contributed by atoms with Gasteiger partial charge >= 0.3 is 0 Å². The number of ether oxygens (including phenoxy) is 2. The molecule has 336 valence electrons. The van der Waals surface area contributed by atoms with Crippen molar-refractivity contribution in [1.82, 2.24) is 19.6 Å². The average Bonchev–Trinajstić information content (AvgIpc) is 3.76. The summed E-state index contributed by atoms with van der Waals surface area (Å²) >= 11 is 12.3. The van der Waals surface area contributed by atoms with Crippen molar-refractivity contribution in [2.24, 2.45) is 11.3 Å². The van der Waals surface area contributed by atoms with E-state index in [-0.39, 0.29) is 35.0 Å². The fraction of sp³-hybridized carbons (Fsp3) is 0.306. The van der Waals surface area contributed by atoms with Gasteiger partial charge in [0, 0.05) is 84.2 Å². The number of nitro groups is 1. The molecule has 2 aliphatic heterocycles. The van der Waals surface area contributed by atoms with Crippen LogP contribution in [0.25, 0.3) is 16.6 Å². The van der Waals surface area contributed by atoms with Crippen molar-refractivity contribution in [1.29, 1.82) is 0 Å². The van der Waals surface area contributed by atoms with Crippen LogP contribution in [0.4, 0.5) is 11.4 Å². The molecule has 2 N–H and O–H groups in total. The lowest BCUT2D eigenvalue weighted by molar-refractivity contribution is -0.386. The molecule has 3 aliphatic rings. The summed E-state index contributed by atoms with van der Waals surface area (Å²) in [6.07, 6.45) is 7.34. The number of aromatic amines is 1. The number of pyridine rings is 1. The molecular formula is C49H48Cl2N6O7S. The third kappa shape index (κ3) is 10.0. The van der Waals surface area contributed by atoms with E-state index >= 15 is 0 Å². The predicted octanol–water partition coefficient (Wildman–Crippen LogP) is 10.3. The summed E-state index contributed by atoms with van der Waals surface area (Å²) in [5.74, 6) is -0.528. The molecule has 1 fully saturated rings. The maximum absolute atomic E-state index is 14.1. The maximum Gasteiger partial charge on any atom is 0.277 e. The quantitative estimate of drug-likeness (QED) is 0.0893. The van der Waals surface area contributed by atoms with E-state index in [9.17, 15) is 23.3 Å². The second-order valence-corrected chi connectivity index (χ2v) is 20.4.